The molecule has 0 saturated carbocycles. The van der Waals surface area contributed by atoms with Gasteiger partial charge in [-0.05, 0) is 12.1 Å². The molecule has 1 aromatic carbocycles. The van der Waals surface area contributed by atoms with Crippen LogP contribution < -0.4 is 5.73 Å². The zero-order valence-electron chi connectivity index (χ0n) is 11.2. The van der Waals surface area contributed by atoms with Crippen molar-refractivity contribution in [3.05, 3.63) is 52.8 Å². The lowest BCUT2D eigenvalue weighted by Crippen LogP contribution is -1.98. The summed E-state index contributed by atoms with van der Waals surface area (Å²) in [5.74, 6) is 0. The summed E-state index contributed by atoms with van der Waals surface area (Å²) in [5, 5.41) is 19.3. The van der Waals surface area contributed by atoms with Crippen LogP contribution >= 0.6 is 0 Å². The maximum Gasteiger partial charge on any atom is 0.271 e. The Labute approximate surface area is 119 Å². The average molecular weight is 284 g/mol. The highest BCUT2D eigenvalue weighted by Crippen LogP contribution is 2.25. The van der Waals surface area contributed by atoms with Crippen molar-refractivity contribution in [3.8, 4) is 17.1 Å². The first-order valence-electron chi connectivity index (χ1n) is 6.14. The SMILES string of the molecule is Cn1nccc1-c1nn(-c2cccc([N+](=O)[O-])c2)cc1N. The molecule has 0 aliphatic heterocycles. The number of aryl methyl sites for hydroxylation is 1. The molecule has 0 spiro atoms. The summed E-state index contributed by atoms with van der Waals surface area (Å²) >= 11 is 0. The van der Waals surface area contributed by atoms with Crippen LogP contribution in [0.5, 0.6) is 0 Å². The average Bonchev–Trinajstić information content (AvgIpc) is 3.04. The van der Waals surface area contributed by atoms with E-state index in [4.69, 9.17) is 5.73 Å². The van der Waals surface area contributed by atoms with E-state index in [1.807, 2.05) is 0 Å². The maximum atomic E-state index is 10.8. The van der Waals surface area contributed by atoms with E-state index in [0.717, 1.165) is 5.69 Å². The molecule has 3 rings (SSSR count). The largest absolute Gasteiger partial charge is 0.396 e. The van der Waals surface area contributed by atoms with E-state index in [0.29, 0.717) is 17.1 Å². The second-order valence-corrected chi connectivity index (χ2v) is 4.49. The van der Waals surface area contributed by atoms with Crippen molar-refractivity contribution in [2.75, 3.05) is 5.73 Å². The smallest absolute Gasteiger partial charge is 0.271 e. The van der Waals surface area contributed by atoms with Gasteiger partial charge >= 0.3 is 0 Å². The van der Waals surface area contributed by atoms with Crippen LogP contribution in [0.1, 0.15) is 0 Å². The molecule has 106 valence electrons. The van der Waals surface area contributed by atoms with Crippen LogP contribution in [-0.4, -0.2) is 24.5 Å². The highest BCUT2D eigenvalue weighted by atomic mass is 16.6. The van der Waals surface area contributed by atoms with E-state index >= 15 is 0 Å². The minimum atomic E-state index is -0.446. The molecular formula is C13H12N6O2. The number of nitro benzene ring substituents is 1. The molecular weight excluding hydrogens is 272 g/mol. The Kier molecular flexibility index (Phi) is 2.90. The lowest BCUT2D eigenvalue weighted by molar-refractivity contribution is -0.384. The molecule has 21 heavy (non-hydrogen) atoms. The zero-order chi connectivity index (χ0) is 15.0. The summed E-state index contributed by atoms with van der Waals surface area (Å²) in [6, 6.07) is 8.01. The van der Waals surface area contributed by atoms with Crippen LogP contribution in [0.15, 0.2) is 42.7 Å². The number of nitrogen functional groups attached to an aromatic ring is 1. The molecule has 2 N–H and O–H groups in total. The van der Waals surface area contributed by atoms with Gasteiger partial charge in [0.25, 0.3) is 5.69 Å². The van der Waals surface area contributed by atoms with Crippen molar-refractivity contribution >= 4 is 11.4 Å². The van der Waals surface area contributed by atoms with E-state index in [1.165, 1.54) is 16.8 Å². The predicted octanol–water partition coefficient (Wildman–Crippen LogP) is 1.76. The first-order valence-corrected chi connectivity index (χ1v) is 6.14. The number of hydrogen-bond donors (Lipinski definition) is 1. The van der Waals surface area contributed by atoms with E-state index in [-0.39, 0.29) is 5.69 Å². The van der Waals surface area contributed by atoms with Crippen molar-refractivity contribution in [1.82, 2.24) is 19.6 Å². The fourth-order valence-electron chi connectivity index (χ4n) is 2.07. The van der Waals surface area contributed by atoms with Crippen LogP contribution in [-0.2, 0) is 7.05 Å². The molecule has 0 bridgehead atoms. The summed E-state index contributed by atoms with van der Waals surface area (Å²) in [6.45, 7) is 0. The van der Waals surface area contributed by atoms with E-state index in [1.54, 1.807) is 42.3 Å². The van der Waals surface area contributed by atoms with E-state index in [2.05, 4.69) is 10.2 Å². The minimum Gasteiger partial charge on any atom is -0.396 e. The molecule has 0 fully saturated rings. The molecule has 8 nitrogen and oxygen atoms in total. The number of nitrogens with zero attached hydrogens (tertiary/aromatic N) is 5. The van der Waals surface area contributed by atoms with E-state index in [9.17, 15) is 10.1 Å². The number of aromatic nitrogens is 4. The molecule has 2 aromatic heterocycles. The van der Waals surface area contributed by atoms with Gasteiger partial charge in [-0.2, -0.15) is 10.2 Å². The monoisotopic (exact) mass is 284 g/mol. The quantitative estimate of drug-likeness (QED) is 0.582. The van der Waals surface area contributed by atoms with Crippen molar-refractivity contribution in [2.24, 2.45) is 7.05 Å². The fraction of sp³-hybridized carbons (Fsp3) is 0.0769. The van der Waals surface area contributed by atoms with E-state index < -0.39 is 4.92 Å². The first-order chi connectivity index (χ1) is 10.1. The summed E-state index contributed by atoms with van der Waals surface area (Å²) in [5.41, 5.74) is 8.39. The third kappa shape index (κ3) is 2.22. The predicted molar refractivity (Wildman–Crippen MR) is 76.8 cm³/mol. The van der Waals surface area contributed by atoms with Gasteiger partial charge in [-0.25, -0.2) is 4.68 Å². The Balaban J connectivity index is 2.07. The van der Waals surface area contributed by atoms with Gasteiger partial charge < -0.3 is 5.73 Å². The normalized spacial score (nSPS) is 10.7. The molecule has 2 heterocycles. The fourth-order valence-corrected chi connectivity index (χ4v) is 2.07. The summed E-state index contributed by atoms with van der Waals surface area (Å²) in [4.78, 5) is 10.4. The van der Waals surface area contributed by atoms with Crippen molar-refractivity contribution < 1.29 is 4.92 Å². The summed E-state index contributed by atoms with van der Waals surface area (Å²) < 4.78 is 3.18. The number of hydrogen-bond acceptors (Lipinski definition) is 5. The Hall–Kier alpha value is -3.16. The van der Waals surface area contributed by atoms with Crippen LogP contribution in [0.3, 0.4) is 0 Å². The van der Waals surface area contributed by atoms with Crippen molar-refractivity contribution in [2.45, 2.75) is 0 Å². The van der Waals surface area contributed by atoms with Gasteiger partial charge in [-0.15, -0.1) is 0 Å². The molecule has 0 amide bonds. The first kappa shape index (κ1) is 12.9. The molecule has 0 radical (unpaired) electrons. The standard InChI is InChI=1S/C13H12N6O2/c1-17-12(5-6-15-17)13-11(14)8-18(16-13)9-3-2-4-10(7-9)19(20)21/h2-8H,14H2,1H3. The summed E-state index contributed by atoms with van der Waals surface area (Å²) in [7, 11) is 1.79. The number of nitro groups is 1. The van der Waals surface area contributed by atoms with Crippen LogP contribution in [0.4, 0.5) is 11.4 Å². The maximum absolute atomic E-state index is 10.8. The zero-order valence-corrected chi connectivity index (χ0v) is 11.2. The number of benzene rings is 1. The Morgan fingerprint density at radius 3 is 2.81 bits per heavy atom. The highest BCUT2D eigenvalue weighted by Gasteiger charge is 2.14. The molecule has 0 aliphatic rings. The van der Waals surface area contributed by atoms with Crippen molar-refractivity contribution in [3.63, 3.8) is 0 Å². The number of rotatable bonds is 3. The van der Waals surface area contributed by atoms with Crippen molar-refractivity contribution in [1.29, 1.82) is 0 Å². The topological polar surface area (TPSA) is 105 Å². The van der Waals surface area contributed by atoms with Gasteiger partial charge in [0.2, 0.25) is 0 Å². The second-order valence-electron chi connectivity index (χ2n) is 4.49. The third-order valence-electron chi connectivity index (χ3n) is 3.11. The minimum absolute atomic E-state index is 0.00338. The van der Waals surface area contributed by atoms with Gasteiger partial charge in [-0.1, -0.05) is 6.07 Å². The van der Waals surface area contributed by atoms with Gasteiger partial charge in [-0.3, -0.25) is 14.8 Å². The molecule has 8 heteroatoms. The van der Waals surface area contributed by atoms with Gasteiger partial charge in [0.1, 0.15) is 5.69 Å². The number of nitrogens with two attached hydrogens (primary N) is 1. The second kappa shape index (κ2) is 4.75. The van der Waals surface area contributed by atoms with Crippen LogP contribution in [0, 0.1) is 10.1 Å². The number of non-ortho nitro benzene ring substituents is 1. The van der Waals surface area contributed by atoms with Gasteiger partial charge in [0, 0.05) is 25.4 Å². The Morgan fingerprint density at radius 2 is 2.14 bits per heavy atom. The number of anilines is 1. The molecule has 0 aliphatic carbocycles. The lowest BCUT2D eigenvalue weighted by Gasteiger charge is -2.01. The summed E-state index contributed by atoms with van der Waals surface area (Å²) in [6.07, 6.45) is 3.28. The molecule has 0 atom stereocenters. The Morgan fingerprint density at radius 1 is 1.33 bits per heavy atom. The highest BCUT2D eigenvalue weighted by molar-refractivity contribution is 5.69. The van der Waals surface area contributed by atoms with Crippen LogP contribution in [0.25, 0.3) is 17.1 Å². The van der Waals surface area contributed by atoms with Gasteiger partial charge in [0.15, 0.2) is 0 Å². The van der Waals surface area contributed by atoms with Crippen LogP contribution in [0.2, 0.25) is 0 Å². The molecule has 0 saturated heterocycles. The lowest BCUT2D eigenvalue weighted by atomic mass is 10.3. The molecule has 3 aromatic rings. The Bertz CT molecular complexity index is 820. The molecule has 0 unspecified atom stereocenters. The van der Waals surface area contributed by atoms with Gasteiger partial charge in [0.05, 0.1) is 28.2 Å². The third-order valence-corrected chi connectivity index (χ3v) is 3.11.